The summed E-state index contributed by atoms with van der Waals surface area (Å²) in [5, 5.41) is 3.48. The average Bonchev–Trinajstić information content (AvgIpc) is 2.48. The van der Waals surface area contributed by atoms with Gasteiger partial charge in [0.25, 0.3) is 5.91 Å². The number of hydrogen-bond donors (Lipinski definition) is 1. The van der Waals surface area contributed by atoms with Gasteiger partial charge in [0.2, 0.25) is 5.88 Å². The zero-order chi connectivity index (χ0) is 14.5. The molecule has 1 fully saturated rings. The van der Waals surface area contributed by atoms with Crippen LogP contribution in [0.5, 0.6) is 5.88 Å². The van der Waals surface area contributed by atoms with Crippen molar-refractivity contribution >= 4 is 5.91 Å². The molecule has 0 aliphatic carbocycles. The number of aromatic nitrogens is 1. The van der Waals surface area contributed by atoms with E-state index in [-0.39, 0.29) is 5.91 Å². The number of pyridine rings is 1. The topological polar surface area (TPSA) is 54.5 Å². The lowest BCUT2D eigenvalue weighted by molar-refractivity contribution is 0.0642. The monoisotopic (exact) mass is 277 g/mol. The molecular formula is C15H23N3O2. The molecule has 1 saturated heterocycles. The molecule has 5 nitrogen and oxygen atoms in total. The Balaban J connectivity index is 2.07. The molecular weight excluding hydrogens is 254 g/mol. The zero-order valence-electron chi connectivity index (χ0n) is 12.4. The summed E-state index contributed by atoms with van der Waals surface area (Å²) >= 11 is 0. The first-order valence-electron chi connectivity index (χ1n) is 7.19. The summed E-state index contributed by atoms with van der Waals surface area (Å²) in [6, 6.07) is 4.04. The largest absolute Gasteiger partial charge is 0.480 e. The van der Waals surface area contributed by atoms with Gasteiger partial charge in [-0.3, -0.25) is 4.79 Å². The van der Waals surface area contributed by atoms with E-state index >= 15 is 0 Å². The molecule has 20 heavy (non-hydrogen) atoms. The van der Waals surface area contributed by atoms with E-state index in [1.807, 2.05) is 4.90 Å². The molecule has 1 aliphatic rings. The van der Waals surface area contributed by atoms with Crippen LogP contribution in [0.3, 0.4) is 0 Å². The first kappa shape index (κ1) is 14.8. The van der Waals surface area contributed by atoms with Gasteiger partial charge >= 0.3 is 0 Å². The second-order valence-electron chi connectivity index (χ2n) is 5.24. The molecule has 2 unspecified atom stereocenters. The lowest BCUT2D eigenvalue weighted by atomic mass is 9.93. The standard InChI is InChI=1S/C15H23N3O2/c1-4-16-13-7-9-18(10-11(13)2)15(19)12-6-5-8-17-14(12)20-3/h5-6,8,11,13,16H,4,7,9-10H2,1-3H3. The highest BCUT2D eigenvalue weighted by molar-refractivity contribution is 5.96. The number of ether oxygens (including phenoxy) is 1. The van der Waals surface area contributed by atoms with Crippen LogP contribution in [0.1, 0.15) is 30.6 Å². The molecule has 2 atom stereocenters. The van der Waals surface area contributed by atoms with Gasteiger partial charge in [0.15, 0.2) is 0 Å². The second-order valence-corrected chi connectivity index (χ2v) is 5.24. The normalized spacial score (nSPS) is 22.6. The third kappa shape index (κ3) is 3.10. The minimum atomic E-state index is 0.0109. The summed E-state index contributed by atoms with van der Waals surface area (Å²) in [7, 11) is 1.54. The number of hydrogen-bond acceptors (Lipinski definition) is 4. The first-order chi connectivity index (χ1) is 9.67. The van der Waals surface area contributed by atoms with E-state index in [0.717, 1.165) is 26.1 Å². The van der Waals surface area contributed by atoms with Crippen LogP contribution in [0.2, 0.25) is 0 Å². The molecule has 0 radical (unpaired) electrons. The van der Waals surface area contributed by atoms with Crippen molar-refractivity contribution in [3.63, 3.8) is 0 Å². The molecule has 0 spiro atoms. The number of rotatable bonds is 4. The van der Waals surface area contributed by atoms with Gasteiger partial charge in [-0.2, -0.15) is 0 Å². The lowest BCUT2D eigenvalue weighted by Crippen LogP contribution is -2.50. The van der Waals surface area contributed by atoms with E-state index in [0.29, 0.717) is 23.4 Å². The number of amides is 1. The van der Waals surface area contributed by atoms with Gasteiger partial charge in [-0.1, -0.05) is 13.8 Å². The van der Waals surface area contributed by atoms with Crippen molar-refractivity contribution in [2.75, 3.05) is 26.7 Å². The van der Waals surface area contributed by atoms with Crippen molar-refractivity contribution < 1.29 is 9.53 Å². The SMILES string of the molecule is CCNC1CCN(C(=O)c2cccnc2OC)CC1C. The van der Waals surface area contributed by atoms with Crippen molar-refractivity contribution in [2.45, 2.75) is 26.3 Å². The van der Waals surface area contributed by atoms with Gasteiger partial charge in [0, 0.05) is 25.3 Å². The van der Waals surface area contributed by atoms with E-state index in [1.54, 1.807) is 25.4 Å². The fraction of sp³-hybridized carbons (Fsp3) is 0.600. The van der Waals surface area contributed by atoms with Crippen LogP contribution in [-0.2, 0) is 0 Å². The fourth-order valence-corrected chi connectivity index (χ4v) is 2.78. The summed E-state index contributed by atoms with van der Waals surface area (Å²) in [5.74, 6) is 0.867. The molecule has 2 heterocycles. The minimum absolute atomic E-state index is 0.0109. The van der Waals surface area contributed by atoms with E-state index in [2.05, 4.69) is 24.1 Å². The maximum absolute atomic E-state index is 12.6. The summed E-state index contributed by atoms with van der Waals surface area (Å²) in [4.78, 5) is 18.6. The number of nitrogens with zero attached hydrogens (tertiary/aromatic N) is 2. The van der Waals surface area contributed by atoms with Gasteiger partial charge in [-0.05, 0) is 31.0 Å². The van der Waals surface area contributed by atoms with Crippen LogP contribution in [-0.4, -0.2) is 48.6 Å². The van der Waals surface area contributed by atoms with Crippen molar-refractivity contribution in [2.24, 2.45) is 5.92 Å². The van der Waals surface area contributed by atoms with E-state index in [9.17, 15) is 4.79 Å². The third-order valence-corrected chi connectivity index (χ3v) is 3.85. The second kappa shape index (κ2) is 6.70. The van der Waals surface area contributed by atoms with Gasteiger partial charge in [-0.15, -0.1) is 0 Å². The molecule has 2 rings (SSSR count). The summed E-state index contributed by atoms with van der Waals surface area (Å²) in [6.45, 7) is 6.82. The number of nitrogens with one attached hydrogen (secondary N) is 1. The molecule has 1 N–H and O–H groups in total. The Labute approximate surface area is 120 Å². The van der Waals surface area contributed by atoms with Crippen molar-refractivity contribution in [3.05, 3.63) is 23.9 Å². The highest BCUT2D eigenvalue weighted by Crippen LogP contribution is 2.22. The third-order valence-electron chi connectivity index (χ3n) is 3.85. The van der Waals surface area contributed by atoms with Gasteiger partial charge < -0.3 is 15.0 Å². The Hall–Kier alpha value is -1.62. The fourth-order valence-electron chi connectivity index (χ4n) is 2.78. The summed E-state index contributed by atoms with van der Waals surface area (Å²) in [5.41, 5.74) is 0.545. The average molecular weight is 277 g/mol. The van der Waals surface area contributed by atoms with E-state index in [1.165, 1.54) is 0 Å². The number of carbonyl (C=O) groups is 1. The maximum atomic E-state index is 12.6. The smallest absolute Gasteiger partial charge is 0.259 e. The first-order valence-corrected chi connectivity index (χ1v) is 7.19. The van der Waals surface area contributed by atoms with Crippen molar-refractivity contribution in [1.82, 2.24) is 15.2 Å². The van der Waals surface area contributed by atoms with Gasteiger partial charge in [0.05, 0.1) is 7.11 Å². The van der Waals surface area contributed by atoms with Gasteiger partial charge in [-0.25, -0.2) is 4.98 Å². The van der Waals surface area contributed by atoms with Crippen LogP contribution < -0.4 is 10.1 Å². The van der Waals surface area contributed by atoms with Crippen LogP contribution >= 0.6 is 0 Å². The van der Waals surface area contributed by atoms with Crippen LogP contribution in [0, 0.1) is 5.92 Å². The number of likely N-dealkylation sites (tertiary alicyclic amines) is 1. The minimum Gasteiger partial charge on any atom is -0.480 e. The Kier molecular flexibility index (Phi) is 4.95. The van der Waals surface area contributed by atoms with Gasteiger partial charge in [0.1, 0.15) is 5.56 Å². The molecule has 110 valence electrons. The van der Waals surface area contributed by atoms with Crippen molar-refractivity contribution in [1.29, 1.82) is 0 Å². The Morgan fingerprint density at radius 2 is 2.40 bits per heavy atom. The predicted octanol–water partition coefficient (Wildman–Crippen LogP) is 1.55. The quantitative estimate of drug-likeness (QED) is 0.907. The molecule has 1 aromatic heterocycles. The highest BCUT2D eigenvalue weighted by atomic mass is 16.5. The summed E-state index contributed by atoms with van der Waals surface area (Å²) < 4.78 is 5.17. The Morgan fingerprint density at radius 3 is 3.05 bits per heavy atom. The van der Waals surface area contributed by atoms with Crippen LogP contribution in [0.25, 0.3) is 0 Å². The predicted molar refractivity (Wildman–Crippen MR) is 77.9 cm³/mol. The van der Waals surface area contributed by atoms with E-state index < -0.39 is 0 Å². The Morgan fingerprint density at radius 1 is 1.60 bits per heavy atom. The molecule has 1 aliphatic heterocycles. The lowest BCUT2D eigenvalue weighted by Gasteiger charge is -2.37. The number of methoxy groups -OCH3 is 1. The number of piperidine rings is 1. The van der Waals surface area contributed by atoms with Crippen LogP contribution in [0.4, 0.5) is 0 Å². The summed E-state index contributed by atoms with van der Waals surface area (Å²) in [6.07, 6.45) is 2.62. The Bertz CT molecular complexity index is 464. The highest BCUT2D eigenvalue weighted by Gasteiger charge is 2.29. The molecule has 0 bridgehead atoms. The number of carbonyl (C=O) groups excluding carboxylic acids is 1. The molecule has 5 heteroatoms. The maximum Gasteiger partial charge on any atom is 0.259 e. The molecule has 0 aromatic carbocycles. The van der Waals surface area contributed by atoms with Crippen molar-refractivity contribution in [3.8, 4) is 5.88 Å². The van der Waals surface area contributed by atoms with Crippen LogP contribution in [0.15, 0.2) is 18.3 Å². The molecule has 1 aromatic rings. The molecule has 1 amide bonds. The molecule has 0 saturated carbocycles. The van der Waals surface area contributed by atoms with E-state index in [4.69, 9.17) is 4.74 Å². The zero-order valence-corrected chi connectivity index (χ0v) is 12.4.